The Labute approximate surface area is 68.1 Å². The van der Waals surface area contributed by atoms with Crippen molar-refractivity contribution in [1.29, 1.82) is 0 Å². The van der Waals surface area contributed by atoms with Crippen molar-refractivity contribution >= 4 is 0 Å². The topological polar surface area (TPSA) is 33.8 Å². The molecule has 0 spiro atoms. The second kappa shape index (κ2) is 3.52. The zero-order valence-corrected chi connectivity index (χ0v) is 7.63. The normalized spacial score (nSPS) is 30.0. The molecule has 1 fully saturated rings. The molecule has 0 aliphatic carbocycles. The maximum absolute atomic E-state index is 5.39. The Morgan fingerprint density at radius 3 is 2.36 bits per heavy atom. The summed E-state index contributed by atoms with van der Waals surface area (Å²) in [6.45, 7) is 8.20. The second-order valence-electron chi connectivity index (χ2n) is 3.43. The van der Waals surface area contributed by atoms with Crippen LogP contribution in [0.1, 0.15) is 27.7 Å². The van der Waals surface area contributed by atoms with Crippen molar-refractivity contribution in [2.24, 2.45) is 0 Å². The summed E-state index contributed by atoms with van der Waals surface area (Å²) in [7, 11) is 0. The first-order valence-electron chi connectivity index (χ1n) is 4.16. The van der Waals surface area contributed by atoms with E-state index in [0.29, 0.717) is 6.04 Å². The van der Waals surface area contributed by atoms with Crippen LogP contribution < -0.4 is 5.32 Å². The van der Waals surface area contributed by atoms with E-state index in [9.17, 15) is 0 Å². The summed E-state index contributed by atoms with van der Waals surface area (Å²) in [5.41, 5.74) is 0. The molecule has 0 aromatic heterocycles. The molecule has 2 atom stereocenters. The third-order valence-corrected chi connectivity index (χ3v) is 1.36. The Bertz CT molecular complexity index is 111. The lowest BCUT2D eigenvalue weighted by Gasteiger charge is -2.05. The second-order valence-corrected chi connectivity index (χ2v) is 3.43. The van der Waals surface area contributed by atoms with E-state index in [1.807, 2.05) is 13.8 Å². The van der Waals surface area contributed by atoms with E-state index in [0.717, 1.165) is 0 Å². The molecule has 11 heavy (non-hydrogen) atoms. The lowest BCUT2D eigenvalue weighted by Crippen LogP contribution is -2.28. The van der Waals surface area contributed by atoms with Crippen molar-refractivity contribution < 1.29 is 9.47 Å². The summed E-state index contributed by atoms with van der Waals surface area (Å²) in [5, 5.41) is 3.22. The third-order valence-electron chi connectivity index (χ3n) is 1.36. The molecular weight excluding hydrogens is 142 g/mol. The highest BCUT2D eigenvalue weighted by molar-refractivity contribution is 4.76. The van der Waals surface area contributed by atoms with Crippen LogP contribution in [0.2, 0.25) is 0 Å². The Balaban J connectivity index is 2.07. The van der Waals surface area contributed by atoms with Crippen LogP contribution in [0.3, 0.4) is 0 Å². The Hall–Kier alpha value is -0.120. The molecule has 3 nitrogen and oxygen atoms in total. The maximum atomic E-state index is 5.39. The van der Waals surface area contributed by atoms with E-state index in [1.165, 1.54) is 0 Å². The molecule has 0 bridgehead atoms. The molecule has 0 radical (unpaired) electrons. The van der Waals surface area contributed by atoms with Crippen LogP contribution in [-0.2, 0) is 9.47 Å². The minimum atomic E-state index is -0.0163. The predicted octanol–water partition coefficient (Wildman–Crippen LogP) is 1.09. The van der Waals surface area contributed by atoms with Crippen LogP contribution in [0.4, 0.5) is 0 Å². The largest absolute Gasteiger partial charge is 0.346 e. The van der Waals surface area contributed by atoms with Gasteiger partial charge in [0.2, 0.25) is 0 Å². The molecule has 1 rings (SSSR count). The van der Waals surface area contributed by atoms with Gasteiger partial charge < -0.3 is 9.47 Å². The van der Waals surface area contributed by atoms with Crippen LogP contribution in [-0.4, -0.2) is 24.7 Å². The SMILES string of the molecule is CC(C)NC1OC1OC(C)C. The Morgan fingerprint density at radius 2 is 1.91 bits per heavy atom. The summed E-state index contributed by atoms with van der Waals surface area (Å²) >= 11 is 0. The fourth-order valence-electron chi connectivity index (χ4n) is 0.917. The van der Waals surface area contributed by atoms with Crippen LogP contribution in [0, 0.1) is 0 Å². The summed E-state index contributed by atoms with van der Waals surface area (Å²) in [6.07, 6.45) is 0.355. The van der Waals surface area contributed by atoms with Gasteiger partial charge in [-0.05, 0) is 27.7 Å². The van der Waals surface area contributed by atoms with Crippen molar-refractivity contribution in [3.8, 4) is 0 Å². The van der Waals surface area contributed by atoms with Gasteiger partial charge in [-0.25, -0.2) is 0 Å². The summed E-state index contributed by atoms with van der Waals surface area (Å²) in [4.78, 5) is 0. The van der Waals surface area contributed by atoms with E-state index < -0.39 is 0 Å². The number of rotatable bonds is 4. The molecule has 1 aliphatic rings. The Kier molecular flexibility index (Phi) is 2.87. The molecule has 0 saturated carbocycles. The van der Waals surface area contributed by atoms with Gasteiger partial charge in [0, 0.05) is 6.04 Å². The molecule has 1 heterocycles. The van der Waals surface area contributed by atoms with Gasteiger partial charge in [0.25, 0.3) is 0 Å². The van der Waals surface area contributed by atoms with Gasteiger partial charge in [-0.2, -0.15) is 0 Å². The fourth-order valence-corrected chi connectivity index (χ4v) is 0.917. The van der Waals surface area contributed by atoms with Crippen LogP contribution in [0.5, 0.6) is 0 Å². The van der Waals surface area contributed by atoms with E-state index in [1.54, 1.807) is 0 Å². The van der Waals surface area contributed by atoms with Crippen molar-refractivity contribution in [2.45, 2.75) is 52.4 Å². The van der Waals surface area contributed by atoms with Gasteiger partial charge in [-0.3, -0.25) is 5.32 Å². The summed E-state index contributed by atoms with van der Waals surface area (Å²) < 4.78 is 10.6. The maximum Gasteiger partial charge on any atom is 0.199 e. The van der Waals surface area contributed by atoms with Gasteiger partial charge in [-0.15, -0.1) is 0 Å². The third kappa shape index (κ3) is 3.18. The van der Waals surface area contributed by atoms with Gasteiger partial charge >= 0.3 is 0 Å². The number of ether oxygens (including phenoxy) is 2. The molecule has 0 amide bonds. The number of epoxide rings is 1. The first-order valence-corrected chi connectivity index (χ1v) is 4.16. The van der Waals surface area contributed by atoms with E-state index in [2.05, 4.69) is 19.2 Å². The van der Waals surface area contributed by atoms with E-state index in [4.69, 9.17) is 9.47 Å². The molecule has 1 N–H and O–H groups in total. The molecule has 0 aromatic carbocycles. The first-order chi connectivity index (χ1) is 5.09. The van der Waals surface area contributed by atoms with Crippen molar-refractivity contribution in [3.05, 3.63) is 0 Å². The molecule has 66 valence electrons. The number of nitrogens with one attached hydrogen (secondary N) is 1. The lowest BCUT2D eigenvalue weighted by molar-refractivity contribution is 0.00794. The fraction of sp³-hybridized carbons (Fsp3) is 1.00. The standard InChI is InChI=1S/C8H17NO2/c1-5(2)9-7-8(11-7)10-6(3)4/h5-9H,1-4H3. The van der Waals surface area contributed by atoms with E-state index >= 15 is 0 Å². The number of hydrogen-bond donors (Lipinski definition) is 1. The molecule has 2 unspecified atom stereocenters. The van der Waals surface area contributed by atoms with Gasteiger partial charge in [0.15, 0.2) is 12.5 Å². The highest BCUT2D eigenvalue weighted by atomic mass is 16.8. The van der Waals surface area contributed by atoms with Crippen LogP contribution in [0.25, 0.3) is 0 Å². The first kappa shape index (κ1) is 8.97. The monoisotopic (exact) mass is 159 g/mol. The molecule has 1 saturated heterocycles. The summed E-state index contributed by atoms with van der Waals surface area (Å²) in [5.74, 6) is 0. The molecular formula is C8H17NO2. The summed E-state index contributed by atoms with van der Waals surface area (Å²) in [6, 6.07) is 0.459. The van der Waals surface area contributed by atoms with Crippen LogP contribution >= 0.6 is 0 Å². The van der Waals surface area contributed by atoms with E-state index in [-0.39, 0.29) is 18.6 Å². The average molecular weight is 159 g/mol. The highest BCUT2D eigenvalue weighted by Crippen LogP contribution is 2.22. The zero-order valence-electron chi connectivity index (χ0n) is 7.63. The minimum Gasteiger partial charge on any atom is -0.346 e. The van der Waals surface area contributed by atoms with Crippen molar-refractivity contribution in [1.82, 2.24) is 5.32 Å². The molecule has 0 aromatic rings. The van der Waals surface area contributed by atoms with Crippen molar-refractivity contribution in [2.75, 3.05) is 0 Å². The van der Waals surface area contributed by atoms with Crippen molar-refractivity contribution in [3.63, 3.8) is 0 Å². The quantitative estimate of drug-likeness (QED) is 0.623. The van der Waals surface area contributed by atoms with Crippen LogP contribution in [0.15, 0.2) is 0 Å². The predicted molar refractivity (Wildman–Crippen MR) is 43.2 cm³/mol. The highest BCUT2D eigenvalue weighted by Gasteiger charge is 2.40. The van der Waals surface area contributed by atoms with Gasteiger partial charge in [0.05, 0.1) is 6.10 Å². The lowest BCUT2D eigenvalue weighted by atomic mass is 10.4. The average Bonchev–Trinajstić information content (AvgIpc) is 2.43. The Morgan fingerprint density at radius 1 is 1.27 bits per heavy atom. The molecule has 3 heteroatoms. The number of hydrogen-bond acceptors (Lipinski definition) is 3. The zero-order chi connectivity index (χ0) is 8.43. The van der Waals surface area contributed by atoms with Gasteiger partial charge in [0.1, 0.15) is 0 Å². The minimum absolute atomic E-state index is 0.0163. The van der Waals surface area contributed by atoms with Gasteiger partial charge in [-0.1, -0.05) is 0 Å². The molecule has 1 aliphatic heterocycles. The smallest absolute Gasteiger partial charge is 0.199 e.